The van der Waals surface area contributed by atoms with E-state index >= 15 is 0 Å². The maximum absolute atomic E-state index is 8.86. The number of nitrogens with one attached hydrogen (secondary N) is 1. The monoisotopic (exact) mass is 245 g/mol. The van der Waals surface area contributed by atoms with Crippen LogP contribution in [0.4, 0.5) is 0 Å². The normalized spacial score (nSPS) is 9.88. The summed E-state index contributed by atoms with van der Waals surface area (Å²) in [7, 11) is 1.63. The molecule has 0 aliphatic carbocycles. The van der Waals surface area contributed by atoms with E-state index in [4.69, 9.17) is 10.00 Å². The van der Waals surface area contributed by atoms with Crippen molar-refractivity contribution in [3.63, 3.8) is 0 Å². The predicted octanol–water partition coefficient (Wildman–Crippen LogP) is 2.58. The summed E-state index contributed by atoms with van der Waals surface area (Å²) in [5.41, 5.74) is 1.63. The van der Waals surface area contributed by atoms with Crippen LogP contribution in [-0.4, -0.2) is 17.1 Å². The van der Waals surface area contributed by atoms with Gasteiger partial charge in [-0.2, -0.15) is 5.26 Å². The minimum absolute atomic E-state index is 0.640. The van der Waals surface area contributed by atoms with Crippen LogP contribution in [0, 0.1) is 11.3 Å². The van der Waals surface area contributed by atoms with Crippen molar-refractivity contribution in [2.75, 3.05) is 7.11 Å². The van der Waals surface area contributed by atoms with Gasteiger partial charge in [-0.15, -0.1) is 0 Å². The van der Waals surface area contributed by atoms with Crippen LogP contribution in [0.5, 0.6) is 5.75 Å². The molecule has 17 heavy (non-hydrogen) atoms. The second-order valence-corrected chi connectivity index (χ2v) is 4.29. The Balaban J connectivity index is 2.16. The highest BCUT2D eigenvalue weighted by Gasteiger charge is 2.06. The molecule has 0 saturated carbocycles. The molecule has 0 saturated heterocycles. The zero-order valence-corrected chi connectivity index (χ0v) is 10.1. The molecule has 1 N–H and O–H groups in total. The van der Waals surface area contributed by atoms with Gasteiger partial charge in [0.2, 0.25) is 0 Å². The van der Waals surface area contributed by atoms with Gasteiger partial charge in [-0.3, -0.25) is 0 Å². The molecule has 2 rings (SSSR count). The lowest BCUT2D eigenvalue weighted by molar-refractivity contribution is 0.411. The highest BCUT2D eigenvalue weighted by molar-refractivity contribution is 7.98. The van der Waals surface area contributed by atoms with Gasteiger partial charge in [0.25, 0.3) is 0 Å². The molecule has 0 bridgehead atoms. The van der Waals surface area contributed by atoms with Gasteiger partial charge in [-0.25, -0.2) is 4.98 Å². The fraction of sp³-hybridized carbons (Fsp3) is 0.167. The molecule has 0 unspecified atom stereocenters. The number of rotatable bonds is 4. The molecule has 0 amide bonds. The largest absolute Gasteiger partial charge is 0.496 e. The first-order valence-electron chi connectivity index (χ1n) is 5.02. The number of imidazole rings is 1. The molecule has 0 atom stereocenters. The van der Waals surface area contributed by atoms with Gasteiger partial charge in [-0.05, 0) is 18.2 Å². The van der Waals surface area contributed by atoms with E-state index in [1.807, 2.05) is 12.1 Å². The van der Waals surface area contributed by atoms with Crippen LogP contribution in [0.1, 0.15) is 11.1 Å². The zero-order valence-electron chi connectivity index (χ0n) is 9.30. The molecule has 0 spiro atoms. The molecule has 0 aliphatic rings. The first kappa shape index (κ1) is 11.6. The summed E-state index contributed by atoms with van der Waals surface area (Å²) >= 11 is 1.57. The summed E-state index contributed by atoms with van der Waals surface area (Å²) in [6, 6.07) is 7.53. The van der Waals surface area contributed by atoms with E-state index < -0.39 is 0 Å². The van der Waals surface area contributed by atoms with Gasteiger partial charge in [0.05, 0.1) is 18.7 Å². The number of aromatic nitrogens is 2. The van der Waals surface area contributed by atoms with E-state index in [0.717, 1.165) is 16.5 Å². The molecular weight excluding hydrogens is 234 g/mol. The highest BCUT2D eigenvalue weighted by atomic mass is 32.2. The molecule has 1 aromatic heterocycles. The first-order valence-corrected chi connectivity index (χ1v) is 6.01. The Hall–Kier alpha value is -1.93. The van der Waals surface area contributed by atoms with Crippen molar-refractivity contribution in [2.24, 2.45) is 0 Å². The second-order valence-electron chi connectivity index (χ2n) is 3.32. The third-order valence-electron chi connectivity index (χ3n) is 2.25. The maximum atomic E-state index is 8.86. The lowest BCUT2D eigenvalue weighted by Crippen LogP contribution is -1.91. The van der Waals surface area contributed by atoms with E-state index in [1.165, 1.54) is 0 Å². The Bertz CT molecular complexity index is 531. The molecule has 0 radical (unpaired) electrons. The number of methoxy groups -OCH3 is 1. The number of thioether (sulfide) groups is 1. The van der Waals surface area contributed by atoms with E-state index in [-0.39, 0.29) is 0 Å². The quantitative estimate of drug-likeness (QED) is 0.841. The minimum atomic E-state index is 0.640. The number of ether oxygens (including phenoxy) is 1. The van der Waals surface area contributed by atoms with E-state index in [0.29, 0.717) is 11.3 Å². The second kappa shape index (κ2) is 5.41. The number of H-pyrrole nitrogens is 1. The standard InChI is InChI=1S/C12H11N3OS/c1-16-11-3-2-9(7-13)6-10(11)8-17-12-14-4-5-15-12/h2-6H,8H2,1H3,(H,14,15). The number of nitriles is 1. The summed E-state index contributed by atoms with van der Waals surface area (Å²) in [6.45, 7) is 0. The van der Waals surface area contributed by atoms with Crippen LogP contribution in [-0.2, 0) is 5.75 Å². The van der Waals surface area contributed by atoms with Gasteiger partial charge in [-0.1, -0.05) is 11.8 Å². The lowest BCUT2D eigenvalue weighted by atomic mass is 10.1. The Kier molecular flexibility index (Phi) is 3.68. The highest BCUT2D eigenvalue weighted by Crippen LogP contribution is 2.26. The summed E-state index contributed by atoms with van der Waals surface area (Å²) in [5.74, 6) is 1.51. The molecule has 5 heteroatoms. The average molecular weight is 245 g/mol. The van der Waals surface area contributed by atoms with Crippen molar-refractivity contribution in [1.82, 2.24) is 9.97 Å². The molecule has 0 fully saturated rings. The summed E-state index contributed by atoms with van der Waals surface area (Å²) in [6.07, 6.45) is 3.50. The molecule has 86 valence electrons. The summed E-state index contributed by atoms with van der Waals surface area (Å²) < 4.78 is 5.26. The number of hydrogen-bond acceptors (Lipinski definition) is 4. The van der Waals surface area contributed by atoms with Gasteiger partial charge in [0.15, 0.2) is 5.16 Å². The van der Waals surface area contributed by atoms with Crippen LogP contribution in [0.15, 0.2) is 35.7 Å². The van der Waals surface area contributed by atoms with Crippen LogP contribution in [0.3, 0.4) is 0 Å². The Morgan fingerprint density at radius 2 is 2.41 bits per heavy atom. The molecule has 4 nitrogen and oxygen atoms in total. The molecular formula is C12H11N3OS. The zero-order chi connectivity index (χ0) is 12.1. The van der Waals surface area contributed by atoms with Crippen molar-refractivity contribution < 1.29 is 4.74 Å². The van der Waals surface area contributed by atoms with Crippen LogP contribution < -0.4 is 4.74 Å². The third-order valence-corrected chi connectivity index (χ3v) is 3.20. The SMILES string of the molecule is COc1ccc(C#N)cc1CSc1ncc[nH]1. The molecule has 0 aliphatic heterocycles. The van der Waals surface area contributed by atoms with Gasteiger partial charge < -0.3 is 9.72 Å². The van der Waals surface area contributed by atoms with Crippen molar-refractivity contribution in [1.29, 1.82) is 5.26 Å². The number of aromatic amines is 1. The molecule has 2 aromatic rings. The fourth-order valence-corrected chi connectivity index (χ4v) is 2.24. The third kappa shape index (κ3) is 2.80. The smallest absolute Gasteiger partial charge is 0.165 e. The molecule has 1 heterocycles. The van der Waals surface area contributed by atoms with Crippen LogP contribution in [0.25, 0.3) is 0 Å². The topological polar surface area (TPSA) is 61.7 Å². The lowest BCUT2D eigenvalue weighted by Gasteiger charge is -2.07. The first-order chi connectivity index (χ1) is 8.33. The predicted molar refractivity (Wildman–Crippen MR) is 65.9 cm³/mol. The molecule has 1 aromatic carbocycles. The van der Waals surface area contributed by atoms with Crippen LogP contribution >= 0.6 is 11.8 Å². The van der Waals surface area contributed by atoms with Crippen LogP contribution in [0.2, 0.25) is 0 Å². The van der Waals surface area contributed by atoms with Crippen molar-refractivity contribution in [3.8, 4) is 11.8 Å². The van der Waals surface area contributed by atoms with Gasteiger partial charge >= 0.3 is 0 Å². The summed E-state index contributed by atoms with van der Waals surface area (Å²) in [4.78, 5) is 7.15. The number of benzene rings is 1. The van der Waals surface area contributed by atoms with Crippen molar-refractivity contribution in [3.05, 3.63) is 41.7 Å². The van der Waals surface area contributed by atoms with E-state index in [9.17, 15) is 0 Å². The Morgan fingerprint density at radius 3 is 3.06 bits per heavy atom. The average Bonchev–Trinajstić information content (AvgIpc) is 2.89. The van der Waals surface area contributed by atoms with Crippen molar-refractivity contribution in [2.45, 2.75) is 10.9 Å². The number of hydrogen-bond donors (Lipinski definition) is 1. The van der Waals surface area contributed by atoms with E-state index in [2.05, 4.69) is 16.0 Å². The Labute approximate surface area is 104 Å². The number of nitrogens with zero attached hydrogens (tertiary/aromatic N) is 2. The van der Waals surface area contributed by atoms with Gasteiger partial charge in [0.1, 0.15) is 5.75 Å². The fourth-order valence-electron chi connectivity index (χ4n) is 1.44. The van der Waals surface area contributed by atoms with E-state index in [1.54, 1.807) is 37.3 Å². The Morgan fingerprint density at radius 1 is 1.53 bits per heavy atom. The van der Waals surface area contributed by atoms with Crippen molar-refractivity contribution >= 4 is 11.8 Å². The minimum Gasteiger partial charge on any atom is -0.496 e. The summed E-state index contributed by atoms with van der Waals surface area (Å²) in [5, 5.41) is 9.72. The maximum Gasteiger partial charge on any atom is 0.165 e. The van der Waals surface area contributed by atoms with Gasteiger partial charge in [0, 0.05) is 23.7 Å².